The topological polar surface area (TPSA) is 53.4 Å². The lowest BCUT2D eigenvalue weighted by molar-refractivity contribution is 0.0764. The number of hydrogen-bond donors (Lipinski definition) is 1. The van der Waals surface area contributed by atoms with Gasteiger partial charge in [-0.2, -0.15) is 16.9 Å². The van der Waals surface area contributed by atoms with Crippen LogP contribution in [0.2, 0.25) is 0 Å². The highest BCUT2D eigenvalue weighted by atomic mass is 32.2. The van der Waals surface area contributed by atoms with E-state index in [2.05, 4.69) is 30.6 Å². The van der Waals surface area contributed by atoms with Gasteiger partial charge in [-0.25, -0.2) is 0 Å². The monoisotopic (exact) mass is 405 g/mol. The SMILES string of the molecule is C=CCn1nc(C(=O)N2CCSCC2)c2c1CCC(NCCN(CC)CC)C2. The molecule has 2 heterocycles. The van der Waals surface area contributed by atoms with Crippen molar-refractivity contribution in [2.24, 2.45) is 0 Å². The number of nitrogens with zero attached hydrogens (tertiary/aromatic N) is 4. The van der Waals surface area contributed by atoms with Gasteiger partial charge >= 0.3 is 0 Å². The van der Waals surface area contributed by atoms with Crippen molar-refractivity contribution in [1.29, 1.82) is 0 Å². The second-order valence-corrected chi connectivity index (χ2v) is 8.79. The zero-order valence-electron chi connectivity index (χ0n) is 17.5. The van der Waals surface area contributed by atoms with Crippen LogP contribution in [-0.4, -0.2) is 82.3 Å². The fraction of sp³-hybridized carbons (Fsp3) is 0.714. The molecule has 1 aromatic rings. The zero-order valence-corrected chi connectivity index (χ0v) is 18.3. The Kier molecular flexibility index (Phi) is 8.00. The van der Waals surface area contributed by atoms with E-state index in [9.17, 15) is 4.79 Å². The van der Waals surface area contributed by atoms with Crippen molar-refractivity contribution >= 4 is 17.7 Å². The Morgan fingerprint density at radius 3 is 2.79 bits per heavy atom. The van der Waals surface area contributed by atoms with E-state index in [0.717, 1.165) is 75.6 Å². The number of thioether (sulfide) groups is 1. The van der Waals surface area contributed by atoms with E-state index in [1.54, 1.807) is 0 Å². The van der Waals surface area contributed by atoms with E-state index in [1.807, 2.05) is 27.4 Å². The van der Waals surface area contributed by atoms with E-state index in [0.29, 0.717) is 18.3 Å². The number of allylic oxidation sites excluding steroid dienone is 1. The molecule has 0 bridgehead atoms. The minimum atomic E-state index is 0.114. The third-order valence-electron chi connectivity index (χ3n) is 5.90. The van der Waals surface area contributed by atoms with E-state index < -0.39 is 0 Å². The van der Waals surface area contributed by atoms with Crippen LogP contribution >= 0.6 is 11.8 Å². The smallest absolute Gasteiger partial charge is 0.274 e. The molecule has 3 rings (SSSR count). The zero-order chi connectivity index (χ0) is 19.9. The Hall–Kier alpha value is -1.31. The van der Waals surface area contributed by atoms with Crippen LogP contribution in [0.4, 0.5) is 0 Å². The van der Waals surface area contributed by atoms with Gasteiger partial charge in [0, 0.05) is 55.0 Å². The predicted molar refractivity (Wildman–Crippen MR) is 117 cm³/mol. The van der Waals surface area contributed by atoms with Crippen molar-refractivity contribution in [2.45, 2.75) is 45.7 Å². The highest BCUT2D eigenvalue weighted by Crippen LogP contribution is 2.26. The summed E-state index contributed by atoms with van der Waals surface area (Å²) >= 11 is 1.92. The van der Waals surface area contributed by atoms with Gasteiger partial charge in [0.1, 0.15) is 0 Å². The number of rotatable bonds is 9. The van der Waals surface area contributed by atoms with Crippen molar-refractivity contribution in [1.82, 2.24) is 24.9 Å². The third-order valence-corrected chi connectivity index (χ3v) is 6.85. The predicted octanol–water partition coefficient (Wildman–Crippen LogP) is 2.05. The molecule has 0 spiro atoms. The van der Waals surface area contributed by atoms with Crippen molar-refractivity contribution in [2.75, 3.05) is 50.8 Å². The molecule has 0 saturated carbocycles. The maximum atomic E-state index is 13.2. The van der Waals surface area contributed by atoms with Gasteiger partial charge in [0.05, 0.1) is 6.54 Å². The average Bonchev–Trinajstić information content (AvgIpc) is 3.09. The summed E-state index contributed by atoms with van der Waals surface area (Å²) in [5, 5.41) is 8.46. The van der Waals surface area contributed by atoms with Crippen molar-refractivity contribution in [3.63, 3.8) is 0 Å². The molecular formula is C21H35N5OS. The molecule has 1 unspecified atom stereocenters. The first-order valence-corrected chi connectivity index (χ1v) is 11.9. The molecular weight excluding hydrogens is 370 g/mol. The van der Waals surface area contributed by atoms with Gasteiger partial charge in [0.25, 0.3) is 5.91 Å². The standard InChI is InChI=1S/C21H35N5OS/c1-4-10-26-19-8-7-17(22-9-11-24(5-2)6-3)16-18(19)20(23-26)21(27)25-12-14-28-15-13-25/h4,17,22H,1,5-16H2,2-3H3. The molecule has 28 heavy (non-hydrogen) atoms. The summed E-state index contributed by atoms with van der Waals surface area (Å²) in [6.45, 7) is 14.9. The molecule has 2 aliphatic rings. The Balaban J connectivity index is 1.71. The van der Waals surface area contributed by atoms with E-state index in [1.165, 1.54) is 5.69 Å². The normalized spacial score (nSPS) is 19.7. The van der Waals surface area contributed by atoms with Crippen LogP contribution in [-0.2, 0) is 19.4 Å². The molecule has 1 fully saturated rings. The molecule has 1 amide bonds. The number of fused-ring (bicyclic) bond motifs is 1. The first-order chi connectivity index (χ1) is 13.7. The van der Waals surface area contributed by atoms with Gasteiger partial charge in [-0.05, 0) is 32.4 Å². The molecule has 1 atom stereocenters. The van der Waals surface area contributed by atoms with Crippen LogP contribution in [0.15, 0.2) is 12.7 Å². The minimum Gasteiger partial charge on any atom is -0.336 e. The number of hydrogen-bond acceptors (Lipinski definition) is 5. The molecule has 156 valence electrons. The average molecular weight is 406 g/mol. The second-order valence-electron chi connectivity index (χ2n) is 7.57. The van der Waals surface area contributed by atoms with Gasteiger partial charge in [-0.15, -0.1) is 6.58 Å². The van der Waals surface area contributed by atoms with E-state index in [-0.39, 0.29) is 5.91 Å². The summed E-state index contributed by atoms with van der Waals surface area (Å²) in [7, 11) is 0. The first-order valence-electron chi connectivity index (χ1n) is 10.7. The van der Waals surface area contributed by atoms with Crippen molar-refractivity contribution < 1.29 is 4.79 Å². The summed E-state index contributed by atoms with van der Waals surface area (Å²) in [6.07, 6.45) is 4.84. The Bertz CT molecular complexity index is 664. The first kappa shape index (κ1) is 21.4. The summed E-state index contributed by atoms with van der Waals surface area (Å²) < 4.78 is 2.00. The lowest BCUT2D eigenvalue weighted by Crippen LogP contribution is -2.41. The van der Waals surface area contributed by atoms with Crippen LogP contribution in [0, 0.1) is 0 Å². The molecule has 1 N–H and O–H groups in total. The van der Waals surface area contributed by atoms with Crippen LogP contribution < -0.4 is 5.32 Å². The molecule has 7 heteroatoms. The Morgan fingerprint density at radius 1 is 1.36 bits per heavy atom. The van der Waals surface area contributed by atoms with Crippen LogP contribution in [0.3, 0.4) is 0 Å². The molecule has 1 saturated heterocycles. The largest absolute Gasteiger partial charge is 0.336 e. The Morgan fingerprint density at radius 2 is 2.11 bits per heavy atom. The van der Waals surface area contributed by atoms with E-state index >= 15 is 0 Å². The highest BCUT2D eigenvalue weighted by molar-refractivity contribution is 7.99. The molecule has 6 nitrogen and oxygen atoms in total. The number of carbonyl (C=O) groups is 1. The maximum Gasteiger partial charge on any atom is 0.274 e. The molecule has 1 aliphatic heterocycles. The molecule has 1 aromatic heterocycles. The fourth-order valence-corrected chi connectivity index (χ4v) is 5.09. The van der Waals surface area contributed by atoms with Gasteiger partial charge in [0.2, 0.25) is 0 Å². The Labute approximate surface area is 173 Å². The van der Waals surface area contributed by atoms with Gasteiger partial charge in [0.15, 0.2) is 5.69 Å². The summed E-state index contributed by atoms with van der Waals surface area (Å²) in [5.41, 5.74) is 3.08. The van der Waals surface area contributed by atoms with Crippen LogP contribution in [0.25, 0.3) is 0 Å². The van der Waals surface area contributed by atoms with Crippen molar-refractivity contribution in [3.8, 4) is 0 Å². The quantitative estimate of drug-likeness (QED) is 0.637. The summed E-state index contributed by atoms with van der Waals surface area (Å²) in [4.78, 5) is 17.6. The van der Waals surface area contributed by atoms with Crippen LogP contribution in [0.5, 0.6) is 0 Å². The summed E-state index contributed by atoms with van der Waals surface area (Å²) in [6, 6.07) is 0.424. The summed E-state index contributed by atoms with van der Waals surface area (Å²) in [5.74, 6) is 2.16. The van der Waals surface area contributed by atoms with Gasteiger partial charge in [-0.3, -0.25) is 9.48 Å². The second kappa shape index (κ2) is 10.5. The fourth-order valence-electron chi connectivity index (χ4n) is 4.19. The lowest BCUT2D eigenvalue weighted by Gasteiger charge is -2.28. The molecule has 0 aromatic carbocycles. The van der Waals surface area contributed by atoms with Gasteiger partial charge < -0.3 is 15.1 Å². The number of likely N-dealkylation sites (N-methyl/N-ethyl adjacent to an activating group) is 1. The third kappa shape index (κ3) is 4.99. The highest BCUT2D eigenvalue weighted by Gasteiger charge is 2.31. The number of nitrogens with one attached hydrogen (secondary N) is 1. The lowest BCUT2D eigenvalue weighted by atomic mass is 9.91. The van der Waals surface area contributed by atoms with Crippen LogP contribution in [0.1, 0.15) is 42.0 Å². The van der Waals surface area contributed by atoms with Gasteiger partial charge in [-0.1, -0.05) is 19.9 Å². The number of aromatic nitrogens is 2. The number of carbonyl (C=O) groups excluding carboxylic acids is 1. The van der Waals surface area contributed by atoms with E-state index in [4.69, 9.17) is 5.10 Å². The maximum absolute atomic E-state index is 13.2. The number of amides is 1. The molecule has 1 aliphatic carbocycles. The minimum absolute atomic E-state index is 0.114. The van der Waals surface area contributed by atoms with Crippen molar-refractivity contribution in [3.05, 3.63) is 29.6 Å². The molecule has 0 radical (unpaired) electrons.